The Hall–Kier alpha value is -0.570. The second-order valence-corrected chi connectivity index (χ2v) is 6.00. The monoisotopic (exact) mass is 264 g/mol. The molecule has 0 radical (unpaired) electrons. The van der Waals surface area contributed by atoms with E-state index in [-0.39, 0.29) is 0 Å². The van der Waals surface area contributed by atoms with Crippen molar-refractivity contribution in [2.75, 3.05) is 13.1 Å². The first-order valence-corrected chi connectivity index (χ1v) is 7.41. The minimum atomic E-state index is 0.694. The van der Waals surface area contributed by atoms with E-state index in [1.54, 1.807) is 0 Å². The second kappa shape index (κ2) is 5.60. The van der Waals surface area contributed by atoms with Crippen LogP contribution in [0.5, 0.6) is 0 Å². The van der Waals surface area contributed by atoms with Gasteiger partial charge >= 0.3 is 0 Å². The van der Waals surface area contributed by atoms with Crippen molar-refractivity contribution < 1.29 is 0 Å². The lowest BCUT2D eigenvalue weighted by Gasteiger charge is -2.35. The molecule has 0 bridgehead atoms. The van der Waals surface area contributed by atoms with Crippen molar-refractivity contribution in [1.82, 2.24) is 10.2 Å². The summed E-state index contributed by atoms with van der Waals surface area (Å²) in [6.07, 6.45) is 5.42. The molecule has 0 aliphatic carbocycles. The lowest BCUT2D eigenvalue weighted by Crippen LogP contribution is -2.45. The summed E-state index contributed by atoms with van der Waals surface area (Å²) in [6.45, 7) is 3.58. The van der Waals surface area contributed by atoms with Crippen LogP contribution >= 0.6 is 11.6 Å². The Bertz CT molecular complexity index is 390. The number of hydrogen-bond donors (Lipinski definition) is 1. The van der Waals surface area contributed by atoms with Crippen LogP contribution in [0.1, 0.15) is 31.2 Å². The minimum Gasteiger partial charge on any atom is -0.310 e. The summed E-state index contributed by atoms with van der Waals surface area (Å²) in [6, 6.07) is 9.71. The summed E-state index contributed by atoms with van der Waals surface area (Å²) in [4.78, 5) is 2.67. The lowest BCUT2D eigenvalue weighted by molar-refractivity contribution is 0.166. The first kappa shape index (κ1) is 12.5. The molecule has 0 aromatic heterocycles. The number of fused-ring (bicyclic) bond motifs is 1. The number of piperidine rings is 1. The quantitative estimate of drug-likeness (QED) is 0.903. The first-order valence-electron chi connectivity index (χ1n) is 7.03. The number of nitrogens with one attached hydrogen (secondary N) is 1. The van der Waals surface area contributed by atoms with E-state index in [9.17, 15) is 0 Å². The van der Waals surface area contributed by atoms with E-state index in [1.807, 2.05) is 12.1 Å². The van der Waals surface area contributed by atoms with E-state index in [4.69, 9.17) is 11.6 Å². The molecule has 18 heavy (non-hydrogen) atoms. The Kier molecular flexibility index (Phi) is 3.88. The van der Waals surface area contributed by atoms with Gasteiger partial charge in [0.2, 0.25) is 0 Å². The van der Waals surface area contributed by atoms with Gasteiger partial charge in [-0.15, -0.1) is 0 Å². The lowest BCUT2D eigenvalue weighted by atomic mass is 9.97. The van der Waals surface area contributed by atoms with E-state index in [2.05, 4.69) is 22.3 Å². The van der Waals surface area contributed by atoms with Crippen LogP contribution < -0.4 is 5.32 Å². The van der Waals surface area contributed by atoms with E-state index in [1.165, 1.54) is 44.3 Å². The van der Waals surface area contributed by atoms with E-state index in [0.29, 0.717) is 6.04 Å². The van der Waals surface area contributed by atoms with Crippen molar-refractivity contribution in [2.24, 2.45) is 0 Å². The zero-order valence-corrected chi connectivity index (χ0v) is 11.5. The van der Waals surface area contributed by atoms with Crippen LogP contribution in [0.2, 0.25) is 5.02 Å². The van der Waals surface area contributed by atoms with Crippen molar-refractivity contribution in [3.8, 4) is 0 Å². The van der Waals surface area contributed by atoms with Gasteiger partial charge in [0.15, 0.2) is 0 Å². The van der Waals surface area contributed by atoms with Crippen LogP contribution in [0.3, 0.4) is 0 Å². The van der Waals surface area contributed by atoms with Gasteiger partial charge in [0.1, 0.15) is 0 Å². The van der Waals surface area contributed by atoms with Gasteiger partial charge in [0, 0.05) is 23.7 Å². The molecule has 1 aromatic rings. The fourth-order valence-electron chi connectivity index (χ4n) is 3.27. The van der Waals surface area contributed by atoms with Crippen LogP contribution in [-0.2, 0) is 6.54 Å². The van der Waals surface area contributed by atoms with E-state index in [0.717, 1.165) is 17.6 Å². The van der Waals surface area contributed by atoms with E-state index >= 15 is 0 Å². The fraction of sp³-hybridized carbons (Fsp3) is 0.600. The van der Waals surface area contributed by atoms with Crippen molar-refractivity contribution in [2.45, 2.75) is 44.3 Å². The molecule has 2 nitrogen and oxygen atoms in total. The van der Waals surface area contributed by atoms with Crippen molar-refractivity contribution in [3.63, 3.8) is 0 Å². The zero-order chi connectivity index (χ0) is 12.4. The highest BCUT2D eigenvalue weighted by molar-refractivity contribution is 6.30. The Balaban J connectivity index is 1.50. The molecule has 2 heterocycles. The summed E-state index contributed by atoms with van der Waals surface area (Å²) in [5.74, 6) is 0. The summed E-state index contributed by atoms with van der Waals surface area (Å²) in [7, 11) is 0. The summed E-state index contributed by atoms with van der Waals surface area (Å²) in [5, 5.41) is 4.52. The Morgan fingerprint density at radius 3 is 2.83 bits per heavy atom. The highest BCUT2D eigenvalue weighted by Gasteiger charge is 2.31. The molecular formula is C15H21ClN2. The Morgan fingerprint density at radius 2 is 2.00 bits per heavy atom. The number of hydrogen-bond acceptors (Lipinski definition) is 2. The topological polar surface area (TPSA) is 15.3 Å². The third-order valence-electron chi connectivity index (χ3n) is 4.33. The van der Waals surface area contributed by atoms with Gasteiger partial charge in [-0.1, -0.05) is 23.7 Å². The number of halogens is 1. The average molecular weight is 265 g/mol. The Morgan fingerprint density at radius 1 is 1.17 bits per heavy atom. The maximum atomic E-state index is 5.90. The number of rotatable bonds is 3. The van der Waals surface area contributed by atoms with Gasteiger partial charge in [-0.3, -0.25) is 0 Å². The van der Waals surface area contributed by atoms with Gasteiger partial charge in [-0.25, -0.2) is 0 Å². The van der Waals surface area contributed by atoms with Gasteiger partial charge in [0.25, 0.3) is 0 Å². The van der Waals surface area contributed by atoms with Crippen molar-refractivity contribution in [1.29, 1.82) is 0 Å². The van der Waals surface area contributed by atoms with Gasteiger partial charge in [0.05, 0.1) is 0 Å². The van der Waals surface area contributed by atoms with E-state index < -0.39 is 0 Å². The summed E-state index contributed by atoms with van der Waals surface area (Å²) < 4.78 is 0. The molecule has 98 valence electrons. The summed E-state index contributed by atoms with van der Waals surface area (Å²) in [5.41, 5.74) is 1.33. The molecule has 0 amide bonds. The highest BCUT2D eigenvalue weighted by atomic mass is 35.5. The molecule has 2 saturated heterocycles. The molecule has 1 N–H and O–H groups in total. The molecule has 2 aliphatic heterocycles. The standard InChI is InChI=1S/C15H21ClN2/c16-13-5-3-12(4-6-13)11-17-14-7-9-18-8-1-2-15(18)10-14/h3-6,14-15,17H,1-2,7-11H2. The molecule has 0 saturated carbocycles. The minimum absolute atomic E-state index is 0.694. The molecule has 2 atom stereocenters. The SMILES string of the molecule is Clc1ccc(CNC2CCN3CCCC3C2)cc1. The van der Waals surface area contributed by atoms with Crippen molar-refractivity contribution in [3.05, 3.63) is 34.9 Å². The first-order chi connectivity index (χ1) is 8.81. The predicted octanol–water partition coefficient (Wildman–Crippen LogP) is 3.06. The molecule has 0 spiro atoms. The maximum Gasteiger partial charge on any atom is 0.0406 e. The normalized spacial score (nSPS) is 28.3. The second-order valence-electron chi connectivity index (χ2n) is 5.56. The van der Waals surface area contributed by atoms with Crippen LogP contribution in [0.25, 0.3) is 0 Å². The largest absolute Gasteiger partial charge is 0.310 e. The maximum absolute atomic E-state index is 5.90. The number of benzene rings is 1. The smallest absolute Gasteiger partial charge is 0.0406 e. The average Bonchev–Trinajstić information content (AvgIpc) is 2.85. The highest BCUT2D eigenvalue weighted by Crippen LogP contribution is 2.26. The molecule has 3 rings (SSSR count). The molecular weight excluding hydrogens is 244 g/mol. The molecule has 2 fully saturated rings. The zero-order valence-electron chi connectivity index (χ0n) is 10.7. The third kappa shape index (κ3) is 2.87. The molecule has 1 aromatic carbocycles. The van der Waals surface area contributed by atoms with Crippen LogP contribution in [0.15, 0.2) is 24.3 Å². The summed E-state index contributed by atoms with van der Waals surface area (Å²) >= 11 is 5.90. The number of nitrogens with zero attached hydrogens (tertiary/aromatic N) is 1. The molecule has 2 unspecified atom stereocenters. The third-order valence-corrected chi connectivity index (χ3v) is 4.58. The van der Waals surface area contributed by atoms with Crippen molar-refractivity contribution >= 4 is 11.6 Å². The van der Waals surface area contributed by atoms with Crippen LogP contribution in [0.4, 0.5) is 0 Å². The van der Waals surface area contributed by atoms with Gasteiger partial charge < -0.3 is 10.2 Å². The van der Waals surface area contributed by atoms with Gasteiger partial charge in [-0.2, -0.15) is 0 Å². The molecule has 2 aliphatic rings. The predicted molar refractivity (Wildman–Crippen MR) is 75.9 cm³/mol. The Labute approximate surface area is 114 Å². The molecule has 3 heteroatoms. The van der Waals surface area contributed by atoms with Gasteiger partial charge in [-0.05, 0) is 56.5 Å². The van der Waals surface area contributed by atoms with Crippen LogP contribution in [0, 0.1) is 0 Å². The van der Waals surface area contributed by atoms with Crippen LogP contribution in [-0.4, -0.2) is 30.1 Å². The fourth-order valence-corrected chi connectivity index (χ4v) is 3.40.